The van der Waals surface area contributed by atoms with Crippen LogP contribution >= 0.6 is 0 Å². The van der Waals surface area contributed by atoms with Gasteiger partial charge in [-0.05, 0) is 31.1 Å². The monoisotopic (exact) mass is 197 g/mol. The molecule has 1 heterocycles. The maximum Gasteiger partial charge on any atom is 0.0619 e. The van der Waals surface area contributed by atoms with Crippen LogP contribution in [0.4, 0.5) is 0 Å². The molecule has 0 aromatic heterocycles. The maximum absolute atomic E-state index is 5.50. The summed E-state index contributed by atoms with van der Waals surface area (Å²) in [5, 5.41) is 3.78. The van der Waals surface area contributed by atoms with E-state index >= 15 is 0 Å². The van der Waals surface area contributed by atoms with E-state index in [2.05, 4.69) is 19.2 Å². The number of hydrogen-bond acceptors (Lipinski definition) is 2. The Kier molecular flexibility index (Phi) is 3.13. The van der Waals surface area contributed by atoms with E-state index in [1.54, 1.807) is 0 Å². The highest BCUT2D eigenvalue weighted by molar-refractivity contribution is 4.92. The predicted molar refractivity (Wildman–Crippen MR) is 58.4 cm³/mol. The molecule has 0 amide bonds. The van der Waals surface area contributed by atoms with Crippen LogP contribution < -0.4 is 5.32 Å². The standard InChI is InChI=1S/C12H23NO/c1-12(2)7-3-6-11(12)13-10-5-4-8-14-9-10/h10-11,13H,3-9H2,1-2H3/t10-,11?/m0/s1. The normalized spacial score (nSPS) is 37.3. The molecule has 1 saturated heterocycles. The Morgan fingerprint density at radius 3 is 2.64 bits per heavy atom. The van der Waals surface area contributed by atoms with Crippen molar-refractivity contribution < 1.29 is 4.74 Å². The van der Waals surface area contributed by atoms with E-state index in [0.29, 0.717) is 17.5 Å². The molecule has 14 heavy (non-hydrogen) atoms. The van der Waals surface area contributed by atoms with E-state index < -0.39 is 0 Å². The third-order valence-electron chi connectivity index (χ3n) is 3.85. The van der Waals surface area contributed by atoms with Crippen LogP contribution in [0, 0.1) is 5.41 Å². The fourth-order valence-electron chi connectivity index (χ4n) is 2.79. The zero-order valence-electron chi connectivity index (χ0n) is 9.51. The van der Waals surface area contributed by atoms with Gasteiger partial charge in [0, 0.05) is 18.7 Å². The molecule has 1 aliphatic heterocycles. The van der Waals surface area contributed by atoms with Crippen molar-refractivity contribution >= 4 is 0 Å². The lowest BCUT2D eigenvalue weighted by atomic mass is 9.86. The second kappa shape index (κ2) is 4.19. The molecule has 2 nitrogen and oxygen atoms in total. The topological polar surface area (TPSA) is 21.3 Å². The van der Waals surface area contributed by atoms with Gasteiger partial charge >= 0.3 is 0 Å². The zero-order chi connectivity index (χ0) is 10.0. The van der Waals surface area contributed by atoms with Crippen LogP contribution in [0.1, 0.15) is 46.0 Å². The SMILES string of the molecule is CC1(C)CCCC1N[C@H]1CCCOC1. The Labute approximate surface area is 87.4 Å². The fourth-order valence-corrected chi connectivity index (χ4v) is 2.79. The molecule has 1 N–H and O–H groups in total. The second-order valence-corrected chi connectivity index (χ2v) is 5.51. The summed E-state index contributed by atoms with van der Waals surface area (Å²) in [6.07, 6.45) is 6.64. The molecular formula is C12H23NO. The Morgan fingerprint density at radius 1 is 1.21 bits per heavy atom. The molecule has 2 heteroatoms. The molecule has 0 radical (unpaired) electrons. The lowest BCUT2D eigenvalue weighted by molar-refractivity contribution is 0.0606. The van der Waals surface area contributed by atoms with Crippen molar-refractivity contribution in [3.63, 3.8) is 0 Å². The van der Waals surface area contributed by atoms with Gasteiger partial charge in [-0.15, -0.1) is 0 Å². The van der Waals surface area contributed by atoms with Crippen LogP contribution in [0.3, 0.4) is 0 Å². The number of rotatable bonds is 2. The Hall–Kier alpha value is -0.0800. The van der Waals surface area contributed by atoms with Crippen LogP contribution in [-0.2, 0) is 4.74 Å². The molecule has 2 atom stereocenters. The summed E-state index contributed by atoms with van der Waals surface area (Å²) in [7, 11) is 0. The van der Waals surface area contributed by atoms with Gasteiger partial charge in [0.1, 0.15) is 0 Å². The van der Waals surface area contributed by atoms with Gasteiger partial charge in [0.2, 0.25) is 0 Å². The minimum Gasteiger partial charge on any atom is -0.380 e. The van der Waals surface area contributed by atoms with Gasteiger partial charge in [0.25, 0.3) is 0 Å². The first-order valence-corrected chi connectivity index (χ1v) is 6.02. The first-order chi connectivity index (χ1) is 6.68. The molecular weight excluding hydrogens is 174 g/mol. The lowest BCUT2D eigenvalue weighted by Gasteiger charge is -2.33. The second-order valence-electron chi connectivity index (χ2n) is 5.51. The van der Waals surface area contributed by atoms with E-state index in [0.717, 1.165) is 13.2 Å². The van der Waals surface area contributed by atoms with Gasteiger partial charge < -0.3 is 10.1 Å². The molecule has 1 unspecified atom stereocenters. The molecule has 0 spiro atoms. The highest BCUT2D eigenvalue weighted by atomic mass is 16.5. The lowest BCUT2D eigenvalue weighted by Crippen LogP contribution is -2.47. The molecule has 0 aromatic carbocycles. The summed E-state index contributed by atoms with van der Waals surface area (Å²) in [6.45, 7) is 6.67. The molecule has 1 aliphatic carbocycles. The van der Waals surface area contributed by atoms with Gasteiger partial charge in [0.15, 0.2) is 0 Å². The summed E-state index contributed by atoms with van der Waals surface area (Å²) >= 11 is 0. The first-order valence-electron chi connectivity index (χ1n) is 6.02. The summed E-state index contributed by atoms with van der Waals surface area (Å²) in [6, 6.07) is 1.33. The van der Waals surface area contributed by atoms with Crippen molar-refractivity contribution in [1.82, 2.24) is 5.32 Å². The van der Waals surface area contributed by atoms with Crippen molar-refractivity contribution in [2.24, 2.45) is 5.41 Å². The summed E-state index contributed by atoms with van der Waals surface area (Å²) in [5.41, 5.74) is 0.497. The summed E-state index contributed by atoms with van der Waals surface area (Å²) in [4.78, 5) is 0. The van der Waals surface area contributed by atoms with Gasteiger partial charge in [-0.3, -0.25) is 0 Å². The molecule has 82 valence electrons. The predicted octanol–water partition coefficient (Wildman–Crippen LogP) is 2.33. The van der Waals surface area contributed by atoms with E-state index in [1.807, 2.05) is 0 Å². The van der Waals surface area contributed by atoms with Crippen LogP contribution in [0.25, 0.3) is 0 Å². The minimum absolute atomic E-state index is 0.497. The van der Waals surface area contributed by atoms with E-state index in [1.165, 1.54) is 32.1 Å². The fraction of sp³-hybridized carbons (Fsp3) is 1.00. The molecule has 2 aliphatic rings. The van der Waals surface area contributed by atoms with Crippen LogP contribution in [-0.4, -0.2) is 25.3 Å². The van der Waals surface area contributed by atoms with Crippen molar-refractivity contribution in [2.45, 2.75) is 58.0 Å². The highest BCUT2D eigenvalue weighted by Crippen LogP contribution is 2.37. The maximum atomic E-state index is 5.50. The molecule has 0 bridgehead atoms. The van der Waals surface area contributed by atoms with Crippen LogP contribution in [0.2, 0.25) is 0 Å². The molecule has 2 fully saturated rings. The van der Waals surface area contributed by atoms with E-state index in [-0.39, 0.29) is 0 Å². The quantitative estimate of drug-likeness (QED) is 0.733. The summed E-state index contributed by atoms with van der Waals surface area (Å²) < 4.78 is 5.50. The molecule has 2 rings (SSSR count). The number of hydrogen-bond donors (Lipinski definition) is 1. The Balaban J connectivity index is 1.83. The van der Waals surface area contributed by atoms with Crippen LogP contribution in [0.5, 0.6) is 0 Å². The largest absolute Gasteiger partial charge is 0.380 e. The van der Waals surface area contributed by atoms with Crippen molar-refractivity contribution in [3.8, 4) is 0 Å². The van der Waals surface area contributed by atoms with Crippen molar-refractivity contribution in [3.05, 3.63) is 0 Å². The zero-order valence-corrected chi connectivity index (χ0v) is 9.51. The van der Waals surface area contributed by atoms with Gasteiger partial charge in [-0.2, -0.15) is 0 Å². The Morgan fingerprint density at radius 2 is 2.07 bits per heavy atom. The first kappa shape index (κ1) is 10.4. The van der Waals surface area contributed by atoms with Crippen molar-refractivity contribution in [1.29, 1.82) is 0 Å². The van der Waals surface area contributed by atoms with E-state index in [9.17, 15) is 0 Å². The van der Waals surface area contributed by atoms with Gasteiger partial charge in [-0.1, -0.05) is 20.3 Å². The highest BCUT2D eigenvalue weighted by Gasteiger charge is 2.35. The average Bonchev–Trinajstić information content (AvgIpc) is 2.48. The van der Waals surface area contributed by atoms with Gasteiger partial charge in [-0.25, -0.2) is 0 Å². The minimum atomic E-state index is 0.497. The third kappa shape index (κ3) is 2.29. The average molecular weight is 197 g/mol. The molecule has 0 aromatic rings. The summed E-state index contributed by atoms with van der Waals surface area (Å²) in [5.74, 6) is 0. The van der Waals surface area contributed by atoms with E-state index in [4.69, 9.17) is 4.74 Å². The Bertz CT molecular complexity index is 185. The number of ether oxygens (including phenoxy) is 1. The number of nitrogens with one attached hydrogen (secondary N) is 1. The smallest absolute Gasteiger partial charge is 0.0619 e. The van der Waals surface area contributed by atoms with Crippen LogP contribution in [0.15, 0.2) is 0 Å². The van der Waals surface area contributed by atoms with Crippen molar-refractivity contribution in [2.75, 3.05) is 13.2 Å². The van der Waals surface area contributed by atoms with Gasteiger partial charge in [0.05, 0.1) is 6.61 Å². The third-order valence-corrected chi connectivity index (χ3v) is 3.85. The molecule has 1 saturated carbocycles.